The van der Waals surface area contributed by atoms with Gasteiger partial charge in [0.05, 0.1) is 0 Å². The highest BCUT2D eigenvalue weighted by molar-refractivity contribution is 5.79. The maximum Gasteiger partial charge on any atom is 0.410 e. The summed E-state index contributed by atoms with van der Waals surface area (Å²) in [5, 5.41) is 9.63. The zero-order chi connectivity index (χ0) is 20.8. The third kappa shape index (κ3) is 3.93. The second kappa shape index (κ2) is 7.11. The van der Waals surface area contributed by atoms with Gasteiger partial charge in [-0.05, 0) is 51.8 Å². The molecule has 2 fully saturated rings. The molecule has 1 amide bonds. The van der Waals surface area contributed by atoms with E-state index < -0.39 is 11.2 Å². The predicted octanol–water partition coefficient (Wildman–Crippen LogP) is 3.97. The molecule has 0 radical (unpaired) electrons. The van der Waals surface area contributed by atoms with Gasteiger partial charge in [-0.25, -0.2) is 9.59 Å². The summed E-state index contributed by atoms with van der Waals surface area (Å²) < 4.78 is 17.0. The first-order valence-electron chi connectivity index (χ1n) is 9.89. The van der Waals surface area contributed by atoms with Crippen LogP contribution in [0.1, 0.15) is 52.0 Å². The van der Waals surface area contributed by atoms with E-state index in [2.05, 4.69) is 0 Å². The van der Waals surface area contributed by atoms with E-state index in [0.29, 0.717) is 16.7 Å². The molecule has 0 N–H and O–H groups in total. The van der Waals surface area contributed by atoms with Crippen LogP contribution in [0.15, 0.2) is 33.5 Å². The number of carbonyl (C=O) groups excluding carboxylic acids is 1. The van der Waals surface area contributed by atoms with Crippen molar-refractivity contribution >= 4 is 17.1 Å². The molecule has 7 heteroatoms. The van der Waals surface area contributed by atoms with Crippen molar-refractivity contribution in [3.63, 3.8) is 0 Å². The van der Waals surface area contributed by atoms with Crippen LogP contribution in [0.3, 0.4) is 0 Å². The van der Waals surface area contributed by atoms with Crippen LogP contribution in [0.2, 0.25) is 0 Å². The molecular formula is C22H24N2O5. The monoisotopic (exact) mass is 396 g/mol. The van der Waals surface area contributed by atoms with Crippen LogP contribution in [0.5, 0.6) is 5.75 Å². The molecule has 29 heavy (non-hydrogen) atoms. The van der Waals surface area contributed by atoms with E-state index >= 15 is 0 Å². The summed E-state index contributed by atoms with van der Waals surface area (Å²) in [7, 11) is 0. The molecule has 0 unspecified atom stereocenters. The number of ether oxygens (including phenoxy) is 2. The van der Waals surface area contributed by atoms with Crippen molar-refractivity contribution < 1.29 is 18.7 Å². The fraction of sp³-hybridized carbons (Fsp3) is 0.500. The van der Waals surface area contributed by atoms with Crippen molar-refractivity contribution in [2.45, 2.75) is 70.2 Å². The standard InChI is InChI=1S/C22H24N2O5/c1-22(2,3)29-21(26)24-15-5-6-16(24)10-18(9-15)27-17-7-4-13-8-14(12-23)20(25)28-19(13)11-17/h4,7-8,11,15-16,18H,5-6,9-10H2,1-3H3/t15-,16+,18-. The van der Waals surface area contributed by atoms with Gasteiger partial charge in [0.25, 0.3) is 0 Å². The van der Waals surface area contributed by atoms with Crippen molar-refractivity contribution in [2.24, 2.45) is 0 Å². The van der Waals surface area contributed by atoms with Gasteiger partial charge < -0.3 is 18.8 Å². The Balaban J connectivity index is 1.47. The lowest BCUT2D eigenvalue weighted by Crippen LogP contribution is -2.50. The highest BCUT2D eigenvalue weighted by Crippen LogP contribution is 2.38. The first kappa shape index (κ1) is 19.3. The second-order valence-electron chi connectivity index (χ2n) is 8.74. The van der Waals surface area contributed by atoms with E-state index in [1.165, 1.54) is 6.07 Å². The number of rotatable bonds is 2. The fourth-order valence-corrected chi connectivity index (χ4v) is 4.27. The van der Waals surface area contributed by atoms with Crippen molar-refractivity contribution in [3.05, 3.63) is 40.2 Å². The molecule has 0 spiro atoms. The van der Waals surface area contributed by atoms with Gasteiger partial charge in [0.15, 0.2) is 0 Å². The number of piperidine rings is 1. The average Bonchev–Trinajstić information content (AvgIpc) is 2.91. The number of hydrogen-bond donors (Lipinski definition) is 0. The van der Waals surface area contributed by atoms with Crippen LogP contribution in [-0.4, -0.2) is 34.8 Å². The Labute approximate surface area is 168 Å². The summed E-state index contributed by atoms with van der Waals surface area (Å²) in [5.41, 5.74) is -0.789. The Hall–Kier alpha value is -3.01. The van der Waals surface area contributed by atoms with E-state index in [1.807, 2.05) is 37.8 Å². The molecule has 7 nitrogen and oxygen atoms in total. The Morgan fingerprint density at radius 1 is 1.21 bits per heavy atom. The predicted molar refractivity (Wildman–Crippen MR) is 106 cm³/mol. The lowest BCUT2D eigenvalue weighted by Gasteiger charge is -2.39. The van der Waals surface area contributed by atoms with Gasteiger partial charge in [-0.3, -0.25) is 0 Å². The summed E-state index contributed by atoms with van der Waals surface area (Å²) in [4.78, 5) is 26.2. The van der Waals surface area contributed by atoms with Crippen molar-refractivity contribution in [1.29, 1.82) is 5.26 Å². The first-order valence-corrected chi connectivity index (χ1v) is 9.89. The Morgan fingerprint density at radius 3 is 2.52 bits per heavy atom. The molecule has 152 valence electrons. The van der Waals surface area contributed by atoms with Crippen LogP contribution >= 0.6 is 0 Å². The molecule has 2 saturated heterocycles. The number of fused-ring (bicyclic) bond motifs is 3. The Morgan fingerprint density at radius 2 is 1.90 bits per heavy atom. The van der Waals surface area contributed by atoms with E-state index in [-0.39, 0.29) is 29.8 Å². The minimum Gasteiger partial charge on any atom is -0.490 e. The average molecular weight is 396 g/mol. The lowest BCUT2D eigenvalue weighted by atomic mass is 10.00. The van der Waals surface area contributed by atoms with Crippen molar-refractivity contribution in [2.75, 3.05) is 0 Å². The number of carbonyl (C=O) groups is 1. The first-order chi connectivity index (χ1) is 13.7. The molecule has 2 bridgehead atoms. The number of nitriles is 1. The van der Waals surface area contributed by atoms with Crippen molar-refractivity contribution in [3.8, 4) is 11.8 Å². The summed E-state index contributed by atoms with van der Waals surface area (Å²) in [6.07, 6.45) is 3.12. The van der Waals surface area contributed by atoms with Gasteiger partial charge in [-0.2, -0.15) is 5.26 Å². The van der Waals surface area contributed by atoms with E-state index in [0.717, 1.165) is 25.7 Å². The van der Waals surface area contributed by atoms with Crippen LogP contribution in [0, 0.1) is 11.3 Å². The van der Waals surface area contributed by atoms with Crippen molar-refractivity contribution in [1.82, 2.24) is 4.90 Å². The molecule has 2 aliphatic rings. The zero-order valence-electron chi connectivity index (χ0n) is 16.8. The SMILES string of the molecule is CC(C)(C)OC(=O)N1[C@@H]2CC[C@H]1C[C@H](Oc1ccc3cc(C#N)c(=O)oc3c1)C2. The Bertz CT molecular complexity index is 1030. The molecule has 3 heterocycles. The van der Waals surface area contributed by atoms with Gasteiger partial charge >= 0.3 is 11.7 Å². The minimum absolute atomic E-state index is 0.0164. The van der Waals surface area contributed by atoms with Crippen LogP contribution < -0.4 is 10.4 Å². The number of nitrogens with zero attached hydrogens (tertiary/aromatic N) is 2. The smallest absolute Gasteiger partial charge is 0.410 e. The molecule has 0 aliphatic carbocycles. The topological polar surface area (TPSA) is 92.8 Å². The number of amides is 1. The maximum absolute atomic E-state index is 12.6. The summed E-state index contributed by atoms with van der Waals surface area (Å²) >= 11 is 0. The van der Waals surface area contributed by atoms with Gasteiger partial charge in [-0.15, -0.1) is 0 Å². The third-order valence-corrected chi connectivity index (χ3v) is 5.42. The van der Waals surface area contributed by atoms with E-state index in [4.69, 9.17) is 19.2 Å². The van der Waals surface area contributed by atoms with E-state index in [9.17, 15) is 9.59 Å². The van der Waals surface area contributed by atoms with Crippen LogP contribution in [-0.2, 0) is 4.74 Å². The second-order valence-corrected chi connectivity index (χ2v) is 8.74. The van der Waals surface area contributed by atoms with E-state index in [1.54, 1.807) is 12.1 Å². The molecule has 1 aromatic carbocycles. The Kier molecular flexibility index (Phi) is 4.73. The summed E-state index contributed by atoms with van der Waals surface area (Å²) in [6.45, 7) is 5.63. The van der Waals surface area contributed by atoms with Crippen LogP contribution in [0.25, 0.3) is 11.0 Å². The molecule has 4 rings (SSSR count). The van der Waals surface area contributed by atoms with Crippen LogP contribution in [0.4, 0.5) is 4.79 Å². The summed E-state index contributed by atoms with van der Waals surface area (Å²) in [5.74, 6) is 0.612. The molecule has 2 aliphatic heterocycles. The normalized spacial score (nSPS) is 23.7. The molecule has 2 aromatic rings. The van der Waals surface area contributed by atoms with Gasteiger partial charge in [-0.1, -0.05) is 0 Å². The molecular weight excluding hydrogens is 372 g/mol. The zero-order valence-corrected chi connectivity index (χ0v) is 16.8. The minimum atomic E-state index is -0.652. The largest absolute Gasteiger partial charge is 0.490 e. The summed E-state index contributed by atoms with van der Waals surface area (Å²) in [6, 6.07) is 8.85. The number of hydrogen-bond acceptors (Lipinski definition) is 6. The highest BCUT2D eigenvalue weighted by Gasteiger charge is 2.45. The van der Waals surface area contributed by atoms with Gasteiger partial charge in [0.2, 0.25) is 0 Å². The number of benzene rings is 1. The van der Waals surface area contributed by atoms with Gasteiger partial charge in [0, 0.05) is 36.4 Å². The molecule has 3 atom stereocenters. The quantitative estimate of drug-likeness (QED) is 0.713. The molecule has 0 saturated carbocycles. The van der Waals surface area contributed by atoms with Gasteiger partial charge in [0.1, 0.15) is 34.7 Å². The third-order valence-electron chi connectivity index (χ3n) is 5.42. The lowest BCUT2D eigenvalue weighted by molar-refractivity contribution is -0.00706. The highest BCUT2D eigenvalue weighted by atomic mass is 16.6. The fourth-order valence-electron chi connectivity index (χ4n) is 4.27. The molecule has 1 aromatic heterocycles. The maximum atomic E-state index is 12.6.